The number of nitrogens with one attached hydrogen (secondary N) is 1. The van der Waals surface area contributed by atoms with Crippen molar-refractivity contribution in [3.05, 3.63) is 11.9 Å². The number of hydrogen-bond donors (Lipinski definition) is 2. The summed E-state index contributed by atoms with van der Waals surface area (Å²) in [6, 6.07) is -0.214. The van der Waals surface area contributed by atoms with Crippen LogP contribution in [0.1, 0.15) is 52.3 Å². The maximum atomic E-state index is 12.2. The van der Waals surface area contributed by atoms with Crippen molar-refractivity contribution in [2.75, 3.05) is 12.8 Å². The lowest BCUT2D eigenvalue weighted by Crippen LogP contribution is -2.49. The highest BCUT2D eigenvalue weighted by Gasteiger charge is 2.37. The number of rotatable bonds is 3. The summed E-state index contributed by atoms with van der Waals surface area (Å²) in [7, 11) is 3.46. The topological polar surface area (TPSA) is 101 Å². The van der Waals surface area contributed by atoms with Gasteiger partial charge in [0.2, 0.25) is 0 Å². The molecule has 0 radical (unpaired) electrons. The summed E-state index contributed by atoms with van der Waals surface area (Å²) in [6.07, 6.45) is 1.82. The third-order valence-electron chi connectivity index (χ3n) is 4.27. The summed E-state index contributed by atoms with van der Waals surface area (Å²) in [5.41, 5.74) is 6.94. The lowest BCUT2D eigenvalue weighted by Gasteiger charge is -2.29. The van der Waals surface area contributed by atoms with Crippen LogP contribution in [-0.2, 0) is 21.3 Å². The minimum atomic E-state index is -0.550. The van der Waals surface area contributed by atoms with Crippen LogP contribution in [0.4, 0.5) is 10.5 Å². The molecule has 1 aliphatic heterocycles. The van der Waals surface area contributed by atoms with E-state index in [-0.39, 0.29) is 24.4 Å². The van der Waals surface area contributed by atoms with E-state index in [1.54, 1.807) is 18.0 Å². The SMILES string of the molecule is CO[C@@H]1[C@H](C)O[C@H](c2c(N)cnn2C)CC[C@H]1NC(=O)OC(C)(C)C. The number of amides is 1. The number of nitrogen functional groups attached to an aromatic ring is 1. The van der Waals surface area contributed by atoms with E-state index in [9.17, 15) is 4.79 Å². The summed E-state index contributed by atoms with van der Waals surface area (Å²) < 4.78 is 18.9. The number of nitrogens with two attached hydrogens (primary N) is 1. The summed E-state index contributed by atoms with van der Waals surface area (Å²) in [5, 5.41) is 7.11. The van der Waals surface area contributed by atoms with Gasteiger partial charge in [-0.2, -0.15) is 5.10 Å². The summed E-state index contributed by atoms with van der Waals surface area (Å²) >= 11 is 0. The van der Waals surface area contributed by atoms with Crippen LogP contribution in [0.15, 0.2) is 6.20 Å². The number of methoxy groups -OCH3 is 1. The number of carbonyl (C=O) groups is 1. The zero-order valence-electron chi connectivity index (χ0n) is 15.9. The van der Waals surface area contributed by atoms with Gasteiger partial charge in [0, 0.05) is 14.2 Å². The van der Waals surface area contributed by atoms with Crippen LogP contribution in [0.25, 0.3) is 0 Å². The minimum Gasteiger partial charge on any atom is -0.444 e. The number of ether oxygens (including phenoxy) is 3. The zero-order valence-corrected chi connectivity index (χ0v) is 15.9. The first-order valence-electron chi connectivity index (χ1n) is 8.57. The molecule has 8 nitrogen and oxygen atoms in total. The van der Waals surface area contributed by atoms with Gasteiger partial charge in [0.1, 0.15) is 17.8 Å². The van der Waals surface area contributed by atoms with Crippen LogP contribution in [0.3, 0.4) is 0 Å². The van der Waals surface area contributed by atoms with Crippen molar-refractivity contribution in [3.63, 3.8) is 0 Å². The van der Waals surface area contributed by atoms with Gasteiger partial charge in [-0.1, -0.05) is 0 Å². The second-order valence-corrected chi connectivity index (χ2v) is 7.47. The number of anilines is 1. The molecule has 3 N–H and O–H groups in total. The molecule has 0 saturated carbocycles. The average molecular weight is 354 g/mol. The van der Waals surface area contributed by atoms with E-state index in [2.05, 4.69) is 10.4 Å². The van der Waals surface area contributed by atoms with Crippen molar-refractivity contribution in [1.82, 2.24) is 15.1 Å². The molecule has 1 aromatic rings. The van der Waals surface area contributed by atoms with Crippen LogP contribution < -0.4 is 11.1 Å². The molecule has 1 aliphatic rings. The molecule has 0 aliphatic carbocycles. The zero-order chi connectivity index (χ0) is 18.8. The normalized spacial score (nSPS) is 27.6. The van der Waals surface area contributed by atoms with Crippen LogP contribution in [0.5, 0.6) is 0 Å². The first-order valence-corrected chi connectivity index (χ1v) is 8.57. The van der Waals surface area contributed by atoms with E-state index in [0.717, 1.165) is 5.69 Å². The van der Waals surface area contributed by atoms with Crippen molar-refractivity contribution in [2.45, 2.75) is 70.5 Å². The van der Waals surface area contributed by atoms with Crippen molar-refractivity contribution < 1.29 is 19.0 Å². The number of aromatic nitrogens is 2. The minimum absolute atomic E-state index is 0.203. The van der Waals surface area contributed by atoms with Gasteiger partial charge in [-0.05, 0) is 40.5 Å². The third kappa shape index (κ3) is 4.85. The standard InChI is InChI=1S/C17H30N4O4/c1-10-15(23-6)12(20-16(22)25-17(2,3)4)7-8-13(24-10)14-11(18)9-19-21(14)5/h9-10,12-13,15H,7-8,18H2,1-6H3,(H,20,22)/t10-,12+,13-,15+/m0/s1. The Morgan fingerprint density at radius 2 is 2.12 bits per heavy atom. The molecule has 142 valence electrons. The van der Waals surface area contributed by atoms with Crippen molar-refractivity contribution in [3.8, 4) is 0 Å². The molecule has 8 heteroatoms. The Bertz CT molecular complexity index is 576. The number of aryl methyl sites for hydroxylation is 1. The van der Waals surface area contributed by atoms with Crippen LogP contribution >= 0.6 is 0 Å². The van der Waals surface area contributed by atoms with Gasteiger partial charge in [0.15, 0.2) is 0 Å². The molecule has 1 fully saturated rings. The predicted octanol–water partition coefficient (Wildman–Crippen LogP) is 2.15. The Morgan fingerprint density at radius 3 is 2.64 bits per heavy atom. The monoisotopic (exact) mass is 354 g/mol. The highest BCUT2D eigenvalue weighted by molar-refractivity contribution is 5.68. The second-order valence-electron chi connectivity index (χ2n) is 7.47. The molecule has 4 atom stereocenters. The number of alkyl carbamates (subject to hydrolysis) is 1. The molecule has 0 bridgehead atoms. The van der Waals surface area contributed by atoms with E-state index in [4.69, 9.17) is 19.9 Å². The van der Waals surface area contributed by atoms with E-state index < -0.39 is 11.7 Å². The molecule has 2 heterocycles. The Hall–Kier alpha value is -1.80. The van der Waals surface area contributed by atoms with Crippen LogP contribution in [0, 0.1) is 0 Å². The molecule has 0 spiro atoms. The van der Waals surface area contributed by atoms with Gasteiger partial charge in [0.05, 0.1) is 29.7 Å². The Balaban J connectivity index is 2.13. The predicted molar refractivity (Wildman–Crippen MR) is 94.1 cm³/mol. The third-order valence-corrected chi connectivity index (χ3v) is 4.27. The van der Waals surface area contributed by atoms with Gasteiger partial charge in [-0.3, -0.25) is 4.68 Å². The van der Waals surface area contributed by atoms with Crippen LogP contribution in [0.2, 0.25) is 0 Å². The molecule has 1 aromatic heterocycles. The average Bonchev–Trinajstić information content (AvgIpc) is 2.72. The molecular formula is C17H30N4O4. The first-order chi connectivity index (χ1) is 11.6. The quantitative estimate of drug-likeness (QED) is 0.862. The highest BCUT2D eigenvalue weighted by atomic mass is 16.6. The molecule has 0 aromatic carbocycles. The molecule has 1 saturated heterocycles. The molecule has 2 rings (SSSR count). The van der Waals surface area contributed by atoms with Gasteiger partial charge in [0.25, 0.3) is 0 Å². The largest absolute Gasteiger partial charge is 0.444 e. The van der Waals surface area contributed by atoms with Crippen molar-refractivity contribution in [1.29, 1.82) is 0 Å². The highest BCUT2D eigenvalue weighted by Crippen LogP contribution is 2.33. The lowest BCUT2D eigenvalue weighted by atomic mass is 10.0. The summed E-state index contributed by atoms with van der Waals surface area (Å²) in [6.45, 7) is 7.43. The van der Waals surface area contributed by atoms with E-state index in [1.165, 1.54) is 0 Å². The fraction of sp³-hybridized carbons (Fsp3) is 0.765. The maximum absolute atomic E-state index is 12.2. The van der Waals surface area contributed by atoms with E-state index in [1.807, 2.05) is 34.7 Å². The Kier molecular flexibility index (Phi) is 5.95. The summed E-state index contributed by atoms with van der Waals surface area (Å²) in [4.78, 5) is 12.2. The Labute approximate surface area is 149 Å². The molecule has 1 amide bonds. The number of carbonyl (C=O) groups excluding carboxylic acids is 1. The molecule has 0 unspecified atom stereocenters. The van der Waals surface area contributed by atoms with Crippen molar-refractivity contribution in [2.24, 2.45) is 7.05 Å². The van der Waals surface area contributed by atoms with Gasteiger partial charge in [-0.15, -0.1) is 0 Å². The van der Waals surface area contributed by atoms with Gasteiger partial charge >= 0.3 is 6.09 Å². The fourth-order valence-electron chi connectivity index (χ4n) is 3.26. The van der Waals surface area contributed by atoms with Crippen molar-refractivity contribution >= 4 is 11.8 Å². The lowest BCUT2D eigenvalue weighted by molar-refractivity contribution is -0.0789. The number of nitrogens with zero attached hydrogens (tertiary/aromatic N) is 2. The smallest absolute Gasteiger partial charge is 0.407 e. The van der Waals surface area contributed by atoms with E-state index >= 15 is 0 Å². The number of hydrogen-bond acceptors (Lipinski definition) is 6. The second kappa shape index (κ2) is 7.61. The maximum Gasteiger partial charge on any atom is 0.407 e. The first kappa shape index (κ1) is 19.5. The summed E-state index contributed by atoms with van der Waals surface area (Å²) in [5.74, 6) is 0. The Morgan fingerprint density at radius 1 is 1.44 bits per heavy atom. The molecular weight excluding hydrogens is 324 g/mol. The van der Waals surface area contributed by atoms with Gasteiger partial charge in [-0.25, -0.2) is 4.79 Å². The van der Waals surface area contributed by atoms with E-state index in [0.29, 0.717) is 18.5 Å². The fourth-order valence-corrected chi connectivity index (χ4v) is 3.26. The van der Waals surface area contributed by atoms with Crippen LogP contribution in [-0.4, -0.2) is 46.8 Å². The van der Waals surface area contributed by atoms with Gasteiger partial charge < -0.3 is 25.3 Å². The molecule has 25 heavy (non-hydrogen) atoms.